The lowest BCUT2D eigenvalue weighted by atomic mass is 9.92. The summed E-state index contributed by atoms with van der Waals surface area (Å²) in [7, 11) is 1.50. The van der Waals surface area contributed by atoms with Gasteiger partial charge in [0.2, 0.25) is 0 Å². The Morgan fingerprint density at radius 1 is 1.50 bits per heavy atom. The molecule has 1 aromatic rings. The van der Waals surface area contributed by atoms with Crippen molar-refractivity contribution in [2.45, 2.75) is 37.8 Å². The van der Waals surface area contributed by atoms with Gasteiger partial charge in [-0.15, -0.1) is 0 Å². The third kappa shape index (κ3) is 2.79. The summed E-state index contributed by atoms with van der Waals surface area (Å²) >= 11 is 0. The Bertz CT molecular complexity index is 422. The van der Waals surface area contributed by atoms with E-state index in [4.69, 9.17) is 4.74 Å². The summed E-state index contributed by atoms with van der Waals surface area (Å²) in [6.07, 6.45) is 6.23. The molecule has 5 nitrogen and oxygen atoms in total. The first-order valence-electron chi connectivity index (χ1n) is 6.19. The molecule has 1 fully saturated rings. The number of hydrogen-bond acceptors (Lipinski definition) is 4. The Morgan fingerprint density at radius 2 is 2.28 bits per heavy atom. The van der Waals surface area contributed by atoms with E-state index in [9.17, 15) is 9.90 Å². The summed E-state index contributed by atoms with van der Waals surface area (Å²) in [5.41, 5.74) is 0.449. The molecule has 1 amide bonds. The number of aliphatic hydroxyl groups excluding tert-OH is 1. The fourth-order valence-electron chi connectivity index (χ4n) is 2.26. The molecule has 98 valence electrons. The van der Waals surface area contributed by atoms with Crippen LogP contribution >= 0.6 is 0 Å². The largest absolute Gasteiger partial charge is 0.494 e. The maximum Gasteiger partial charge on any atom is 0.255 e. The molecule has 1 saturated carbocycles. The van der Waals surface area contributed by atoms with E-state index in [2.05, 4.69) is 10.3 Å². The van der Waals surface area contributed by atoms with E-state index >= 15 is 0 Å². The number of carbonyl (C=O) groups is 1. The zero-order chi connectivity index (χ0) is 13.0. The highest BCUT2D eigenvalue weighted by Crippen LogP contribution is 2.20. The minimum atomic E-state index is -0.449. The molecular weight excluding hydrogens is 232 g/mol. The Hall–Kier alpha value is -1.62. The summed E-state index contributed by atoms with van der Waals surface area (Å²) in [4.78, 5) is 16.0. The van der Waals surface area contributed by atoms with Crippen LogP contribution in [0.5, 0.6) is 5.75 Å². The van der Waals surface area contributed by atoms with Crippen LogP contribution in [-0.4, -0.2) is 35.3 Å². The highest BCUT2D eigenvalue weighted by Gasteiger charge is 2.25. The number of pyridine rings is 1. The van der Waals surface area contributed by atoms with E-state index in [-0.39, 0.29) is 11.9 Å². The van der Waals surface area contributed by atoms with E-state index in [0.29, 0.717) is 11.3 Å². The van der Waals surface area contributed by atoms with Crippen molar-refractivity contribution in [2.24, 2.45) is 0 Å². The van der Waals surface area contributed by atoms with E-state index < -0.39 is 6.10 Å². The van der Waals surface area contributed by atoms with Crippen molar-refractivity contribution < 1.29 is 14.6 Å². The zero-order valence-electron chi connectivity index (χ0n) is 10.4. The van der Waals surface area contributed by atoms with Crippen molar-refractivity contribution >= 4 is 5.91 Å². The number of rotatable bonds is 3. The van der Waals surface area contributed by atoms with Gasteiger partial charge in [-0.05, 0) is 18.9 Å². The van der Waals surface area contributed by atoms with Gasteiger partial charge in [0.1, 0.15) is 5.75 Å². The van der Waals surface area contributed by atoms with Crippen LogP contribution in [0, 0.1) is 0 Å². The molecule has 0 spiro atoms. The molecule has 1 aliphatic carbocycles. The number of nitrogens with one attached hydrogen (secondary N) is 1. The maximum absolute atomic E-state index is 12.1. The van der Waals surface area contributed by atoms with Crippen LogP contribution in [0.15, 0.2) is 18.5 Å². The van der Waals surface area contributed by atoms with Crippen molar-refractivity contribution in [2.75, 3.05) is 7.11 Å². The lowest BCUT2D eigenvalue weighted by Gasteiger charge is -2.28. The SMILES string of the molecule is COc1cnccc1C(=O)N[C@@H]1CCCC[C@H]1O. The zero-order valence-corrected chi connectivity index (χ0v) is 10.4. The monoisotopic (exact) mass is 250 g/mol. The van der Waals surface area contributed by atoms with E-state index in [1.807, 2.05) is 0 Å². The lowest BCUT2D eigenvalue weighted by Crippen LogP contribution is -2.45. The van der Waals surface area contributed by atoms with Gasteiger partial charge < -0.3 is 15.2 Å². The molecule has 0 aromatic carbocycles. The van der Waals surface area contributed by atoms with Crippen molar-refractivity contribution in [1.29, 1.82) is 0 Å². The van der Waals surface area contributed by atoms with Gasteiger partial charge in [0.25, 0.3) is 5.91 Å². The van der Waals surface area contributed by atoms with Crippen LogP contribution in [0.25, 0.3) is 0 Å². The average Bonchev–Trinajstić information content (AvgIpc) is 2.41. The number of carbonyl (C=O) groups excluding carboxylic acids is 1. The minimum absolute atomic E-state index is 0.163. The molecule has 1 aliphatic rings. The fourth-order valence-corrected chi connectivity index (χ4v) is 2.26. The first-order valence-corrected chi connectivity index (χ1v) is 6.19. The van der Waals surface area contributed by atoms with Gasteiger partial charge in [-0.2, -0.15) is 0 Å². The highest BCUT2D eigenvalue weighted by molar-refractivity contribution is 5.96. The summed E-state index contributed by atoms with van der Waals surface area (Å²) in [6.45, 7) is 0. The third-order valence-corrected chi connectivity index (χ3v) is 3.30. The Morgan fingerprint density at radius 3 is 3.00 bits per heavy atom. The van der Waals surface area contributed by atoms with E-state index in [1.54, 1.807) is 12.3 Å². The highest BCUT2D eigenvalue weighted by atomic mass is 16.5. The molecule has 0 bridgehead atoms. The number of ether oxygens (including phenoxy) is 1. The van der Waals surface area contributed by atoms with Crippen LogP contribution in [0.3, 0.4) is 0 Å². The van der Waals surface area contributed by atoms with Gasteiger partial charge in [0, 0.05) is 6.20 Å². The smallest absolute Gasteiger partial charge is 0.255 e. The Kier molecular flexibility index (Phi) is 4.15. The average molecular weight is 250 g/mol. The van der Waals surface area contributed by atoms with Crippen LogP contribution in [-0.2, 0) is 0 Å². The first-order chi connectivity index (χ1) is 8.72. The predicted molar refractivity (Wildman–Crippen MR) is 66.5 cm³/mol. The van der Waals surface area contributed by atoms with Crippen molar-refractivity contribution in [3.8, 4) is 5.75 Å². The molecule has 18 heavy (non-hydrogen) atoms. The Balaban J connectivity index is 2.07. The molecule has 0 radical (unpaired) electrons. The summed E-state index contributed by atoms with van der Waals surface area (Å²) in [5, 5.41) is 12.7. The molecule has 2 N–H and O–H groups in total. The second-order valence-electron chi connectivity index (χ2n) is 4.51. The number of amides is 1. The number of nitrogens with zero attached hydrogens (tertiary/aromatic N) is 1. The second kappa shape index (κ2) is 5.82. The first kappa shape index (κ1) is 12.8. The number of aromatic nitrogens is 1. The molecule has 5 heteroatoms. The second-order valence-corrected chi connectivity index (χ2v) is 4.51. The van der Waals surface area contributed by atoms with Gasteiger partial charge >= 0.3 is 0 Å². The third-order valence-electron chi connectivity index (χ3n) is 3.30. The maximum atomic E-state index is 12.1. The van der Waals surface area contributed by atoms with Gasteiger partial charge in [-0.3, -0.25) is 9.78 Å². The molecule has 1 heterocycles. The summed E-state index contributed by atoms with van der Waals surface area (Å²) in [5.74, 6) is 0.223. The van der Waals surface area contributed by atoms with E-state index in [0.717, 1.165) is 25.7 Å². The van der Waals surface area contributed by atoms with E-state index in [1.165, 1.54) is 13.3 Å². The topological polar surface area (TPSA) is 71.5 Å². The van der Waals surface area contributed by atoms with Crippen molar-refractivity contribution in [3.63, 3.8) is 0 Å². The van der Waals surface area contributed by atoms with Crippen molar-refractivity contribution in [1.82, 2.24) is 10.3 Å². The van der Waals surface area contributed by atoms with Crippen LogP contribution in [0.4, 0.5) is 0 Å². The molecular formula is C13H18N2O3. The van der Waals surface area contributed by atoms with Gasteiger partial charge in [0.05, 0.1) is 31.0 Å². The van der Waals surface area contributed by atoms with Crippen molar-refractivity contribution in [3.05, 3.63) is 24.0 Å². The molecule has 1 aromatic heterocycles. The van der Waals surface area contributed by atoms with Gasteiger partial charge in [-0.1, -0.05) is 12.8 Å². The molecule has 0 unspecified atom stereocenters. The molecule has 0 aliphatic heterocycles. The number of hydrogen-bond donors (Lipinski definition) is 2. The minimum Gasteiger partial charge on any atom is -0.494 e. The molecule has 0 saturated heterocycles. The van der Waals surface area contributed by atoms with Gasteiger partial charge in [0.15, 0.2) is 0 Å². The predicted octanol–water partition coefficient (Wildman–Crippen LogP) is 1.12. The molecule has 2 atom stereocenters. The van der Waals surface area contributed by atoms with Crippen LogP contribution < -0.4 is 10.1 Å². The van der Waals surface area contributed by atoms with Gasteiger partial charge in [-0.25, -0.2) is 0 Å². The number of methoxy groups -OCH3 is 1. The summed E-state index contributed by atoms with van der Waals surface area (Å²) in [6, 6.07) is 1.45. The molecule has 2 rings (SSSR count). The van der Waals surface area contributed by atoms with Crippen LogP contribution in [0.1, 0.15) is 36.0 Å². The van der Waals surface area contributed by atoms with Crippen LogP contribution in [0.2, 0.25) is 0 Å². The quantitative estimate of drug-likeness (QED) is 0.843. The normalized spacial score (nSPS) is 23.4. The Labute approximate surface area is 106 Å². The fraction of sp³-hybridized carbons (Fsp3) is 0.538. The lowest BCUT2D eigenvalue weighted by molar-refractivity contribution is 0.0715. The standard InChI is InChI=1S/C13H18N2O3/c1-18-12-8-14-7-6-9(12)13(17)15-10-4-2-3-5-11(10)16/h6-8,10-11,16H,2-5H2,1H3,(H,15,17)/t10-,11-/m1/s1. The number of aliphatic hydroxyl groups is 1. The summed E-state index contributed by atoms with van der Waals surface area (Å²) < 4.78 is 5.10.